The predicted octanol–water partition coefficient (Wildman–Crippen LogP) is 15.6. The first-order valence-corrected chi connectivity index (χ1v) is 52.9. The molecule has 1 amide bonds. The summed E-state index contributed by atoms with van der Waals surface area (Å²) in [5, 5.41) is 56.4. The highest BCUT2D eigenvalue weighted by Gasteiger charge is 2.62. The molecule has 764 valence electrons. The maximum absolute atomic E-state index is 15.5. The first kappa shape index (κ1) is 107. The topological polar surface area (TPSA) is 414 Å². The minimum atomic E-state index is -3.88. The van der Waals surface area contributed by atoms with E-state index in [1.807, 2.05) is 6.07 Å². The number of aliphatic carboxylic acids is 1. The monoisotopic (exact) mass is 2050 g/mol. The number of halogens is 8. The molecule has 17 rings (SSSR count). The van der Waals surface area contributed by atoms with E-state index in [0.29, 0.717) is 73.6 Å². The number of amides is 1. The minimum Gasteiger partial charge on any atom is -0.481 e. The fourth-order valence-corrected chi connectivity index (χ4v) is 31.4. The Kier molecular flexibility index (Phi) is 30.7. The number of rotatable bonds is 24. The Labute approximate surface area is 818 Å². The number of nitrogens with zero attached hydrogens (tertiary/aromatic N) is 4. The van der Waals surface area contributed by atoms with Crippen LogP contribution in [0, 0.1) is 46.5 Å². The van der Waals surface area contributed by atoms with Crippen molar-refractivity contribution in [2.75, 3.05) is 0 Å². The number of carbonyl (C=O) groups excluding carboxylic acids is 4. The lowest BCUT2D eigenvalue weighted by Gasteiger charge is -2.51. The van der Waals surface area contributed by atoms with Gasteiger partial charge in [0.25, 0.3) is 5.91 Å². The van der Waals surface area contributed by atoms with E-state index >= 15 is 35.1 Å². The second-order valence-electron chi connectivity index (χ2n) is 40.9. The minimum absolute atomic E-state index is 0.0345. The molecule has 8 aromatic carbocycles. The SMILES string of the molecule is CC(=O)CC(=O)C1(c2cc(F)c(CN3[C@@H](C)CC[C@H](c4ccccc4)S3(=O)=O)cc2F)CC(C)(O)C1.C[C@H]1CC[C@H](c2ccccc2)S(=O)(=O)N1Cc1cc(F)c(C2(C(=O)CC(=O)NO)CC(C)(O)C2)cc1F.C[C@H]1CC[C@H](c2ccccc2)S(=O)(=O)N1Cc1cc(F)c(C2(C(=O)O)CC(C)(O)C2)cc1F.C[C@H]1CC[C@H](c2ccccc2)S(=O)(=O)N1Cc1cc(F)c(C2(c3c[nH]c(=O)o3)CC(C)(O)C2)cc1F. The molecule has 0 spiro atoms. The summed E-state index contributed by atoms with van der Waals surface area (Å²) in [6, 6.07) is 41.0. The maximum atomic E-state index is 15.5. The van der Waals surface area contributed by atoms with E-state index in [9.17, 15) is 88.0 Å². The number of aliphatic hydroxyl groups is 4. The van der Waals surface area contributed by atoms with Gasteiger partial charge in [-0.05, 0) is 236 Å². The second kappa shape index (κ2) is 40.5. The normalized spacial score (nSPS) is 30.2. The van der Waals surface area contributed by atoms with Gasteiger partial charge in [-0.1, -0.05) is 121 Å². The number of oxazole rings is 1. The number of Topliss-reactive ketones (excluding diaryl/α,β-unsaturated/α-hetero) is 3. The molecule has 4 saturated carbocycles. The molecule has 8 N–H and O–H groups in total. The molecule has 0 bridgehead atoms. The molecule has 39 heteroatoms. The van der Waals surface area contributed by atoms with Crippen LogP contribution in [0.15, 0.2) is 185 Å². The maximum Gasteiger partial charge on any atom is 0.416 e. The number of benzene rings is 8. The number of hydrogen-bond donors (Lipinski definition) is 8. The molecule has 8 aliphatic rings. The van der Waals surface area contributed by atoms with E-state index in [1.54, 1.807) is 150 Å². The molecule has 1 aromatic heterocycles. The largest absolute Gasteiger partial charge is 0.481 e. The lowest BCUT2D eigenvalue weighted by Crippen LogP contribution is -2.58. The summed E-state index contributed by atoms with van der Waals surface area (Å²) in [6.45, 7) is 12.8. The molecule has 4 aliphatic carbocycles. The Morgan fingerprint density at radius 3 is 0.880 bits per heavy atom. The Morgan fingerprint density at radius 1 is 0.380 bits per heavy atom. The van der Waals surface area contributed by atoms with Crippen LogP contribution in [0.5, 0.6) is 0 Å². The molecule has 4 saturated heterocycles. The standard InChI is InChI=1S/C27H31F2NO5S.C26H30F2N2O6S.C26H28F2N2O5S.C24H27F2NO5S/c1-17-9-10-24(19-7-5-4-6-8-19)36(34,35)30(17)14-20-12-23(29)21(13-22(20)28)27(15-26(3,33)16-27)25(32)11-18(2)31;1-16-8-9-22(17-6-4-3-5-7-17)37(35,36)30(16)13-18-10-21(28)19(11-20(18)27)26(14-25(2,33)15-26)23(31)12-24(32)29-34;1-16-8-9-22(17-6-4-3-5-7-17)36(33,34)30(16)13-18-10-21(28)19(11-20(18)27)26(14-25(2,32)15-26)23-12-29-24(31)35-23;1-15-8-9-21(16-6-4-3-5-7-16)33(31,32)27(15)12-17-10-20(26)18(11-19(17)25)24(22(28)29)13-23(2,30)14-24/h4-8,12-13,17,24,33H,9-11,14-16H2,1-3H3;3-7,10-11,16,22,33-34H,8-9,12-15H2,1-2H3,(H,29,32);3-7,10-12,16,22,32H,8-9,13-15H2,1-2H3,(H,29,31);3-7,10-11,15,21,30H,8-9,12-14H2,1-2H3,(H,28,29)/t17-,24+,26?,27?;2*16-,22+,25?,26?;15-,21+,23?,24?/m0000/s1. The highest BCUT2D eigenvalue weighted by Crippen LogP contribution is 2.58. The summed E-state index contributed by atoms with van der Waals surface area (Å²) in [5.41, 5.74) is -8.58. The van der Waals surface area contributed by atoms with Gasteiger partial charge < -0.3 is 29.9 Å². The number of hydrogen-bond acceptors (Lipinski definition) is 20. The third kappa shape index (κ3) is 21.4. The average molecular weight is 2050 g/mol. The van der Waals surface area contributed by atoms with Crippen molar-refractivity contribution < 1.29 is 128 Å². The van der Waals surface area contributed by atoms with E-state index in [2.05, 4.69) is 4.98 Å². The Bertz CT molecular complexity index is 6830. The summed E-state index contributed by atoms with van der Waals surface area (Å²) < 4.78 is 240. The molecule has 9 aromatic rings. The van der Waals surface area contributed by atoms with Crippen LogP contribution in [-0.4, -0.2) is 162 Å². The van der Waals surface area contributed by atoms with Crippen molar-refractivity contribution in [1.29, 1.82) is 0 Å². The number of aromatic nitrogens is 1. The lowest BCUT2D eigenvalue weighted by molar-refractivity contribution is -0.162. The molecule has 5 heterocycles. The van der Waals surface area contributed by atoms with Gasteiger partial charge in [0.2, 0.25) is 40.1 Å². The Morgan fingerprint density at radius 2 is 0.634 bits per heavy atom. The number of sulfonamides is 4. The molecule has 142 heavy (non-hydrogen) atoms. The smallest absolute Gasteiger partial charge is 0.416 e. The molecule has 0 radical (unpaired) electrons. The van der Waals surface area contributed by atoms with E-state index in [0.717, 1.165) is 48.5 Å². The van der Waals surface area contributed by atoms with E-state index < -0.39 is 218 Å². The Balaban J connectivity index is 0.000000151. The zero-order valence-electron chi connectivity index (χ0n) is 79.7. The first-order valence-electron chi connectivity index (χ1n) is 46.8. The number of nitrogens with one attached hydrogen (secondary N) is 2. The van der Waals surface area contributed by atoms with Crippen LogP contribution < -0.4 is 11.2 Å². The fourth-order valence-electron chi connectivity index (χ4n) is 22.7. The molecule has 0 unspecified atom stereocenters. The van der Waals surface area contributed by atoms with Gasteiger partial charge in [-0.3, -0.25) is 34.2 Å². The van der Waals surface area contributed by atoms with Crippen molar-refractivity contribution in [3.8, 4) is 0 Å². The van der Waals surface area contributed by atoms with Gasteiger partial charge in [0.05, 0.1) is 51.5 Å². The summed E-state index contributed by atoms with van der Waals surface area (Å²) in [7, 11) is -15.4. The van der Waals surface area contributed by atoms with Crippen molar-refractivity contribution in [2.45, 2.75) is 293 Å². The Hall–Kier alpha value is -10.4. The van der Waals surface area contributed by atoms with E-state index in [-0.39, 0.29) is 134 Å². The van der Waals surface area contributed by atoms with Gasteiger partial charge in [0.15, 0.2) is 11.6 Å². The zero-order valence-corrected chi connectivity index (χ0v) is 82.9. The zero-order chi connectivity index (χ0) is 104. The quantitative estimate of drug-likeness (QED) is 0.0121. The number of carbonyl (C=O) groups is 5. The molecule has 27 nitrogen and oxygen atoms in total. The highest BCUT2D eigenvalue weighted by molar-refractivity contribution is 7.90. The summed E-state index contributed by atoms with van der Waals surface area (Å²) in [4.78, 5) is 74.8. The number of hydroxylamine groups is 1. The van der Waals surface area contributed by atoms with E-state index in [4.69, 9.17) is 9.62 Å². The van der Waals surface area contributed by atoms with Crippen LogP contribution in [-0.2, 0) is 112 Å². The van der Waals surface area contributed by atoms with Crippen molar-refractivity contribution in [1.82, 2.24) is 27.7 Å². The van der Waals surface area contributed by atoms with Gasteiger partial charge in [-0.25, -0.2) is 79.1 Å². The van der Waals surface area contributed by atoms with Gasteiger partial charge in [-0.15, -0.1) is 0 Å². The van der Waals surface area contributed by atoms with Gasteiger partial charge in [-0.2, -0.15) is 17.2 Å². The van der Waals surface area contributed by atoms with Crippen LogP contribution in [0.25, 0.3) is 0 Å². The molecule has 8 atom stereocenters. The van der Waals surface area contributed by atoms with Crippen LogP contribution >= 0.6 is 0 Å². The summed E-state index contributed by atoms with van der Waals surface area (Å²) in [6.07, 6.45) is 2.95. The predicted molar refractivity (Wildman–Crippen MR) is 507 cm³/mol. The lowest BCUT2D eigenvalue weighted by atomic mass is 9.54. The van der Waals surface area contributed by atoms with Gasteiger partial charge in [0.1, 0.15) is 84.5 Å². The molecular weight excluding hydrogens is 1940 g/mol. The number of carboxylic acid groups (broad SMARTS) is 1. The average Bonchev–Trinajstić information content (AvgIpc) is 1.11. The fraction of sp³-hybridized carbons (Fsp3) is 0.456. The van der Waals surface area contributed by atoms with Crippen molar-refractivity contribution in [2.24, 2.45) is 0 Å². The molecule has 4 aliphatic heterocycles. The van der Waals surface area contributed by atoms with Gasteiger partial charge in [0, 0.05) is 101 Å². The van der Waals surface area contributed by atoms with Crippen LogP contribution in [0.4, 0.5) is 35.1 Å². The van der Waals surface area contributed by atoms with Crippen molar-refractivity contribution >= 4 is 69.3 Å². The van der Waals surface area contributed by atoms with Crippen molar-refractivity contribution in [3.05, 3.63) is 306 Å². The molecular formula is C103H116F8N6O21S4. The number of aromatic amines is 1. The third-order valence-corrected chi connectivity index (χ3v) is 39.0. The number of ketones is 3. The van der Waals surface area contributed by atoms with Crippen LogP contribution in [0.2, 0.25) is 0 Å². The highest BCUT2D eigenvalue weighted by atomic mass is 32.2. The van der Waals surface area contributed by atoms with E-state index in [1.165, 1.54) is 56.6 Å². The third-order valence-electron chi connectivity index (χ3n) is 29.5. The number of H-pyrrole nitrogens is 1. The van der Waals surface area contributed by atoms with Crippen molar-refractivity contribution in [3.63, 3.8) is 0 Å². The van der Waals surface area contributed by atoms with Crippen LogP contribution in [0.3, 0.4) is 0 Å². The second-order valence-corrected chi connectivity index (χ2v) is 49.1. The van der Waals surface area contributed by atoms with Gasteiger partial charge >= 0.3 is 11.7 Å². The summed E-state index contributed by atoms with van der Waals surface area (Å²) >= 11 is 0. The first-order chi connectivity index (χ1) is 66.4. The number of carboxylic acids is 1. The summed E-state index contributed by atoms with van der Waals surface area (Å²) in [5.74, 6) is -11.5. The van der Waals surface area contributed by atoms with Crippen LogP contribution in [0.1, 0.15) is 271 Å². The molecule has 8 fully saturated rings.